The van der Waals surface area contributed by atoms with E-state index in [2.05, 4.69) is 20.9 Å². The van der Waals surface area contributed by atoms with Crippen LogP contribution in [0.3, 0.4) is 0 Å². The normalized spacial score (nSPS) is 11.8. The number of ketones is 1. The molecule has 0 spiro atoms. The van der Waals surface area contributed by atoms with Crippen molar-refractivity contribution in [1.29, 1.82) is 0 Å². The molecule has 1 atom stereocenters. The van der Waals surface area contributed by atoms with Gasteiger partial charge >= 0.3 is 0 Å². The minimum absolute atomic E-state index is 0.0281. The van der Waals surface area contributed by atoms with Crippen molar-refractivity contribution in [2.45, 2.75) is 4.83 Å². The molecule has 0 fully saturated rings. The van der Waals surface area contributed by atoms with Gasteiger partial charge in [0.1, 0.15) is 10.6 Å². The molecule has 0 aliphatic carbocycles. The molecule has 104 valence electrons. The van der Waals surface area contributed by atoms with Gasteiger partial charge in [-0.15, -0.1) is 0 Å². The van der Waals surface area contributed by atoms with Crippen molar-refractivity contribution in [2.24, 2.45) is 0 Å². The standard InChI is InChI=1S/C15H14BrNO3/c1-19-12-6-3-10(4-7-12)15(18)14(16)11-5-8-13(20-2)17-9-11/h3-9,14H,1-2H3. The molecule has 0 saturated heterocycles. The third-order valence-electron chi connectivity index (χ3n) is 2.87. The predicted molar refractivity (Wildman–Crippen MR) is 79.8 cm³/mol. The fourth-order valence-electron chi connectivity index (χ4n) is 1.72. The molecule has 0 bridgehead atoms. The van der Waals surface area contributed by atoms with Crippen molar-refractivity contribution in [3.8, 4) is 11.6 Å². The summed E-state index contributed by atoms with van der Waals surface area (Å²) < 4.78 is 10.1. The van der Waals surface area contributed by atoms with Crippen molar-refractivity contribution in [3.63, 3.8) is 0 Å². The van der Waals surface area contributed by atoms with Gasteiger partial charge in [-0.25, -0.2) is 4.98 Å². The fourth-order valence-corrected chi connectivity index (χ4v) is 2.25. The summed E-state index contributed by atoms with van der Waals surface area (Å²) in [5, 5.41) is 0. The summed E-state index contributed by atoms with van der Waals surface area (Å²) in [5.74, 6) is 1.21. The first kappa shape index (κ1) is 14.5. The Bertz CT molecular complexity index is 581. The fraction of sp³-hybridized carbons (Fsp3) is 0.200. The van der Waals surface area contributed by atoms with Gasteiger partial charge in [-0.3, -0.25) is 4.79 Å². The molecule has 20 heavy (non-hydrogen) atoms. The molecule has 2 rings (SSSR count). The van der Waals surface area contributed by atoms with Crippen LogP contribution in [0.4, 0.5) is 0 Å². The van der Waals surface area contributed by atoms with Crippen LogP contribution < -0.4 is 9.47 Å². The molecule has 0 aliphatic heterocycles. The Morgan fingerprint density at radius 1 is 1.10 bits per heavy atom. The molecule has 1 aromatic heterocycles. The largest absolute Gasteiger partial charge is 0.497 e. The zero-order valence-corrected chi connectivity index (χ0v) is 12.8. The van der Waals surface area contributed by atoms with Crippen LogP contribution in [-0.2, 0) is 0 Å². The molecule has 0 saturated carbocycles. The van der Waals surface area contributed by atoms with Crippen LogP contribution in [0.25, 0.3) is 0 Å². The lowest BCUT2D eigenvalue weighted by Gasteiger charge is -2.10. The Labute approximate surface area is 125 Å². The van der Waals surface area contributed by atoms with Crippen molar-refractivity contribution in [1.82, 2.24) is 4.98 Å². The predicted octanol–water partition coefficient (Wildman–Crippen LogP) is 3.42. The van der Waals surface area contributed by atoms with Crippen molar-refractivity contribution < 1.29 is 14.3 Å². The van der Waals surface area contributed by atoms with Gasteiger partial charge in [0, 0.05) is 17.8 Å². The summed E-state index contributed by atoms with van der Waals surface area (Å²) in [6.45, 7) is 0. The molecule has 1 unspecified atom stereocenters. The van der Waals surface area contributed by atoms with Crippen molar-refractivity contribution in [2.75, 3.05) is 14.2 Å². The molecule has 2 aromatic rings. The molecule has 0 aliphatic rings. The highest BCUT2D eigenvalue weighted by molar-refractivity contribution is 9.09. The van der Waals surface area contributed by atoms with Crippen LogP contribution in [0.5, 0.6) is 11.6 Å². The van der Waals surface area contributed by atoms with E-state index >= 15 is 0 Å². The average Bonchev–Trinajstić information content (AvgIpc) is 2.53. The minimum atomic E-state index is -0.436. The smallest absolute Gasteiger partial charge is 0.212 e. The maximum absolute atomic E-state index is 12.4. The van der Waals surface area contributed by atoms with Gasteiger partial charge in [-0.05, 0) is 29.8 Å². The number of pyridine rings is 1. The molecular weight excluding hydrogens is 322 g/mol. The number of Topliss-reactive ketones (excluding diaryl/α,β-unsaturated/α-hetero) is 1. The van der Waals surface area contributed by atoms with Gasteiger partial charge in [-0.2, -0.15) is 0 Å². The molecule has 4 nitrogen and oxygen atoms in total. The zero-order chi connectivity index (χ0) is 14.5. The van der Waals surface area contributed by atoms with Gasteiger partial charge in [0.25, 0.3) is 0 Å². The first-order chi connectivity index (χ1) is 9.65. The highest BCUT2D eigenvalue weighted by Gasteiger charge is 2.19. The van der Waals surface area contributed by atoms with E-state index in [-0.39, 0.29) is 5.78 Å². The number of hydrogen-bond donors (Lipinski definition) is 0. The van der Waals surface area contributed by atoms with E-state index < -0.39 is 4.83 Å². The molecule has 0 radical (unpaired) electrons. The Morgan fingerprint density at radius 2 is 1.80 bits per heavy atom. The van der Waals surface area contributed by atoms with Crippen LogP contribution in [-0.4, -0.2) is 25.0 Å². The Morgan fingerprint density at radius 3 is 2.30 bits per heavy atom. The second kappa shape index (κ2) is 6.52. The molecular formula is C15H14BrNO3. The van der Waals surface area contributed by atoms with Crippen LogP contribution in [0, 0.1) is 0 Å². The van der Waals surface area contributed by atoms with E-state index in [0.29, 0.717) is 11.4 Å². The van der Waals surface area contributed by atoms with Gasteiger partial charge in [0.15, 0.2) is 5.78 Å². The second-order valence-electron chi connectivity index (χ2n) is 4.09. The summed E-state index contributed by atoms with van der Waals surface area (Å²) in [6, 6.07) is 10.6. The highest BCUT2D eigenvalue weighted by atomic mass is 79.9. The number of halogens is 1. The molecule has 1 aromatic carbocycles. The quantitative estimate of drug-likeness (QED) is 0.620. The number of nitrogens with zero attached hydrogens (tertiary/aromatic N) is 1. The van der Waals surface area contributed by atoms with E-state index in [1.165, 1.54) is 0 Å². The van der Waals surface area contributed by atoms with Crippen LogP contribution in [0.2, 0.25) is 0 Å². The SMILES string of the molecule is COc1ccc(C(=O)C(Br)c2ccc(OC)nc2)cc1. The van der Waals surface area contributed by atoms with E-state index in [1.807, 2.05) is 6.07 Å². The monoisotopic (exact) mass is 335 g/mol. The number of benzene rings is 1. The average molecular weight is 336 g/mol. The number of rotatable bonds is 5. The number of carbonyl (C=O) groups excluding carboxylic acids is 1. The summed E-state index contributed by atoms with van der Waals surface area (Å²) in [5.41, 5.74) is 1.40. The van der Waals surface area contributed by atoms with E-state index in [9.17, 15) is 4.79 Å². The lowest BCUT2D eigenvalue weighted by molar-refractivity contribution is 0.0991. The lowest BCUT2D eigenvalue weighted by atomic mass is 10.0. The Balaban J connectivity index is 2.17. The van der Waals surface area contributed by atoms with Crippen LogP contribution >= 0.6 is 15.9 Å². The number of hydrogen-bond acceptors (Lipinski definition) is 4. The maximum Gasteiger partial charge on any atom is 0.212 e. The molecule has 1 heterocycles. The summed E-state index contributed by atoms with van der Waals surface area (Å²) in [4.78, 5) is 16.0. The molecule has 0 amide bonds. The zero-order valence-electron chi connectivity index (χ0n) is 11.2. The van der Waals surface area contributed by atoms with Gasteiger partial charge in [0.05, 0.1) is 14.2 Å². The number of alkyl halides is 1. The van der Waals surface area contributed by atoms with Gasteiger partial charge in [-0.1, -0.05) is 22.0 Å². The summed E-state index contributed by atoms with van der Waals surface area (Å²) in [6.07, 6.45) is 1.62. The number of methoxy groups -OCH3 is 2. The number of ether oxygens (including phenoxy) is 2. The van der Waals surface area contributed by atoms with Crippen LogP contribution in [0.15, 0.2) is 42.6 Å². The topological polar surface area (TPSA) is 48.4 Å². The number of carbonyl (C=O) groups is 1. The van der Waals surface area contributed by atoms with E-state index in [0.717, 1.165) is 11.3 Å². The third-order valence-corrected chi connectivity index (χ3v) is 3.81. The molecule has 0 N–H and O–H groups in total. The molecule has 5 heteroatoms. The highest BCUT2D eigenvalue weighted by Crippen LogP contribution is 2.28. The van der Waals surface area contributed by atoms with Crippen molar-refractivity contribution in [3.05, 3.63) is 53.7 Å². The first-order valence-electron chi connectivity index (χ1n) is 5.98. The van der Waals surface area contributed by atoms with Gasteiger partial charge in [0.2, 0.25) is 5.88 Å². The first-order valence-corrected chi connectivity index (χ1v) is 6.89. The second-order valence-corrected chi connectivity index (χ2v) is 5.00. The summed E-state index contributed by atoms with van der Waals surface area (Å²) in [7, 11) is 3.14. The summed E-state index contributed by atoms with van der Waals surface area (Å²) >= 11 is 3.41. The van der Waals surface area contributed by atoms with Gasteiger partial charge < -0.3 is 9.47 Å². The van der Waals surface area contributed by atoms with Crippen LogP contribution in [0.1, 0.15) is 20.7 Å². The Hall–Kier alpha value is -1.88. The lowest BCUT2D eigenvalue weighted by Crippen LogP contribution is -2.07. The van der Waals surface area contributed by atoms with Crippen molar-refractivity contribution >= 4 is 21.7 Å². The van der Waals surface area contributed by atoms with E-state index in [1.54, 1.807) is 50.7 Å². The van der Waals surface area contributed by atoms with E-state index in [4.69, 9.17) is 9.47 Å². The maximum atomic E-state index is 12.4. The minimum Gasteiger partial charge on any atom is -0.497 e. The third kappa shape index (κ3) is 3.17. The number of aromatic nitrogens is 1. The Kier molecular flexibility index (Phi) is 4.74.